The van der Waals surface area contributed by atoms with Crippen LogP contribution in [-0.4, -0.2) is 42.6 Å². The van der Waals surface area contributed by atoms with Crippen molar-refractivity contribution < 1.29 is 0 Å². The van der Waals surface area contributed by atoms with Crippen LogP contribution in [0.5, 0.6) is 0 Å². The van der Waals surface area contributed by atoms with Crippen molar-refractivity contribution in [1.82, 2.24) is 15.2 Å². The standard InChI is InChI=1S/C14H17BrClN3/c1-19-5-4-17-10(8-19)7-12-11-3-2-9(16)6-13(11)18-14(12)15/h2-3,6,10,17-18H,4-5,7-8H2,1H3. The van der Waals surface area contributed by atoms with E-state index < -0.39 is 0 Å². The van der Waals surface area contributed by atoms with Crippen LogP contribution in [0, 0.1) is 0 Å². The van der Waals surface area contributed by atoms with Gasteiger partial charge in [0.25, 0.3) is 0 Å². The van der Waals surface area contributed by atoms with Crippen molar-refractivity contribution in [3.63, 3.8) is 0 Å². The number of halogens is 2. The Kier molecular flexibility index (Phi) is 3.85. The molecule has 1 aromatic heterocycles. The molecule has 0 aliphatic carbocycles. The Morgan fingerprint density at radius 1 is 1.47 bits per heavy atom. The fraction of sp³-hybridized carbons (Fsp3) is 0.429. The van der Waals surface area contributed by atoms with Gasteiger partial charge in [-0.1, -0.05) is 17.7 Å². The van der Waals surface area contributed by atoms with Crippen LogP contribution in [-0.2, 0) is 6.42 Å². The van der Waals surface area contributed by atoms with Gasteiger partial charge in [-0.3, -0.25) is 0 Å². The van der Waals surface area contributed by atoms with Crippen molar-refractivity contribution in [2.24, 2.45) is 0 Å². The molecular formula is C14H17BrClN3. The van der Waals surface area contributed by atoms with E-state index in [1.807, 2.05) is 12.1 Å². The molecular weight excluding hydrogens is 326 g/mol. The molecule has 2 N–H and O–H groups in total. The second kappa shape index (κ2) is 5.44. The van der Waals surface area contributed by atoms with E-state index in [4.69, 9.17) is 11.6 Å². The van der Waals surface area contributed by atoms with Gasteiger partial charge in [0.15, 0.2) is 0 Å². The van der Waals surface area contributed by atoms with Crippen LogP contribution >= 0.6 is 27.5 Å². The highest BCUT2D eigenvalue weighted by Gasteiger charge is 2.20. The maximum absolute atomic E-state index is 6.04. The Morgan fingerprint density at radius 2 is 2.32 bits per heavy atom. The summed E-state index contributed by atoms with van der Waals surface area (Å²) in [5.74, 6) is 0. The van der Waals surface area contributed by atoms with Crippen molar-refractivity contribution in [3.05, 3.63) is 33.4 Å². The van der Waals surface area contributed by atoms with Crippen LogP contribution in [0.15, 0.2) is 22.8 Å². The SMILES string of the molecule is CN1CCNC(Cc2c(Br)[nH]c3cc(Cl)ccc23)C1. The number of benzene rings is 1. The molecule has 1 saturated heterocycles. The molecule has 19 heavy (non-hydrogen) atoms. The monoisotopic (exact) mass is 341 g/mol. The number of likely N-dealkylation sites (N-methyl/N-ethyl adjacent to an activating group) is 1. The molecule has 102 valence electrons. The van der Waals surface area contributed by atoms with Gasteiger partial charge in [-0.05, 0) is 47.1 Å². The van der Waals surface area contributed by atoms with E-state index >= 15 is 0 Å². The highest BCUT2D eigenvalue weighted by atomic mass is 79.9. The van der Waals surface area contributed by atoms with Gasteiger partial charge in [-0.25, -0.2) is 0 Å². The number of nitrogens with zero attached hydrogens (tertiary/aromatic N) is 1. The predicted molar refractivity (Wildman–Crippen MR) is 84.0 cm³/mol. The summed E-state index contributed by atoms with van der Waals surface area (Å²) < 4.78 is 1.07. The molecule has 0 radical (unpaired) electrons. The molecule has 1 aliphatic rings. The van der Waals surface area contributed by atoms with Gasteiger partial charge in [0.1, 0.15) is 0 Å². The van der Waals surface area contributed by atoms with E-state index in [0.717, 1.165) is 41.2 Å². The third kappa shape index (κ3) is 2.82. The maximum atomic E-state index is 6.04. The molecule has 2 aromatic rings. The summed E-state index contributed by atoms with van der Waals surface area (Å²) in [5, 5.41) is 5.61. The van der Waals surface area contributed by atoms with Crippen molar-refractivity contribution in [3.8, 4) is 0 Å². The average Bonchev–Trinajstić information content (AvgIpc) is 2.65. The van der Waals surface area contributed by atoms with E-state index in [2.05, 4.69) is 44.2 Å². The van der Waals surface area contributed by atoms with Crippen LogP contribution in [0.25, 0.3) is 10.9 Å². The fourth-order valence-electron chi connectivity index (χ4n) is 2.77. The third-order valence-electron chi connectivity index (χ3n) is 3.73. The van der Waals surface area contributed by atoms with Crippen LogP contribution in [0.3, 0.4) is 0 Å². The average molecular weight is 343 g/mol. The first-order valence-electron chi connectivity index (χ1n) is 6.51. The normalized spacial score (nSPS) is 21.1. The molecule has 5 heteroatoms. The first-order valence-corrected chi connectivity index (χ1v) is 7.68. The summed E-state index contributed by atoms with van der Waals surface area (Å²) in [6, 6.07) is 6.53. The Balaban J connectivity index is 1.89. The van der Waals surface area contributed by atoms with Gasteiger partial charge >= 0.3 is 0 Å². The summed E-state index contributed by atoms with van der Waals surface area (Å²) >= 11 is 9.67. The number of H-pyrrole nitrogens is 1. The van der Waals surface area contributed by atoms with Crippen molar-refractivity contribution >= 4 is 38.4 Å². The van der Waals surface area contributed by atoms with Gasteiger partial charge in [-0.15, -0.1) is 0 Å². The van der Waals surface area contributed by atoms with Crippen molar-refractivity contribution in [2.45, 2.75) is 12.5 Å². The molecule has 0 saturated carbocycles. The zero-order valence-corrected chi connectivity index (χ0v) is 13.2. The molecule has 3 rings (SSSR count). The number of hydrogen-bond acceptors (Lipinski definition) is 2. The van der Waals surface area contributed by atoms with E-state index in [0.29, 0.717) is 6.04 Å². The minimum atomic E-state index is 0.504. The first kappa shape index (κ1) is 13.4. The summed E-state index contributed by atoms with van der Waals surface area (Å²) in [6.45, 7) is 3.28. The summed E-state index contributed by atoms with van der Waals surface area (Å²) in [5.41, 5.74) is 2.43. The molecule has 1 aromatic carbocycles. The summed E-state index contributed by atoms with van der Waals surface area (Å²) in [6.07, 6.45) is 1.02. The highest BCUT2D eigenvalue weighted by molar-refractivity contribution is 9.10. The summed E-state index contributed by atoms with van der Waals surface area (Å²) in [7, 11) is 2.18. The fourth-order valence-corrected chi connectivity index (χ4v) is 3.53. The molecule has 0 spiro atoms. The number of aromatic amines is 1. The van der Waals surface area contributed by atoms with Crippen LogP contribution in [0.4, 0.5) is 0 Å². The highest BCUT2D eigenvalue weighted by Crippen LogP contribution is 2.29. The van der Waals surface area contributed by atoms with E-state index in [9.17, 15) is 0 Å². The van der Waals surface area contributed by atoms with E-state index in [1.165, 1.54) is 10.9 Å². The number of nitrogens with one attached hydrogen (secondary N) is 2. The largest absolute Gasteiger partial charge is 0.349 e. The number of fused-ring (bicyclic) bond motifs is 1. The first-order chi connectivity index (χ1) is 9.13. The summed E-state index contributed by atoms with van der Waals surface area (Å²) in [4.78, 5) is 5.74. The number of rotatable bonds is 2. The lowest BCUT2D eigenvalue weighted by atomic mass is 10.0. The zero-order valence-electron chi connectivity index (χ0n) is 10.8. The molecule has 0 bridgehead atoms. The topological polar surface area (TPSA) is 31.1 Å². The second-order valence-electron chi connectivity index (χ2n) is 5.22. The van der Waals surface area contributed by atoms with Gasteiger partial charge in [0, 0.05) is 41.6 Å². The van der Waals surface area contributed by atoms with Gasteiger partial charge in [-0.2, -0.15) is 0 Å². The third-order valence-corrected chi connectivity index (χ3v) is 4.64. The quantitative estimate of drug-likeness (QED) is 0.879. The number of hydrogen-bond donors (Lipinski definition) is 2. The Bertz CT molecular complexity index is 596. The number of piperazine rings is 1. The lowest BCUT2D eigenvalue weighted by Crippen LogP contribution is -2.49. The minimum absolute atomic E-state index is 0.504. The Hall–Kier alpha value is -0.550. The van der Waals surface area contributed by atoms with Crippen molar-refractivity contribution in [1.29, 1.82) is 0 Å². The molecule has 0 amide bonds. The molecule has 2 heterocycles. The molecule has 1 unspecified atom stereocenters. The molecule has 1 aliphatic heterocycles. The Labute approximate surface area is 126 Å². The second-order valence-corrected chi connectivity index (χ2v) is 6.45. The van der Waals surface area contributed by atoms with Crippen LogP contribution < -0.4 is 5.32 Å². The zero-order chi connectivity index (χ0) is 13.4. The smallest absolute Gasteiger partial charge is 0.0864 e. The minimum Gasteiger partial charge on any atom is -0.349 e. The van der Waals surface area contributed by atoms with Crippen LogP contribution in [0.2, 0.25) is 5.02 Å². The molecule has 1 fully saturated rings. The van der Waals surface area contributed by atoms with Crippen LogP contribution in [0.1, 0.15) is 5.56 Å². The van der Waals surface area contributed by atoms with E-state index in [1.54, 1.807) is 0 Å². The number of aromatic nitrogens is 1. The van der Waals surface area contributed by atoms with Gasteiger partial charge in [0.05, 0.1) is 4.60 Å². The molecule has 1 atom stereocenters. The van der Waals surface area contributed by atoms with Crippen molar-refractivity contribution in [2.75, 3.05) is 26.7 Å². The maximum Gasteiger partial charge on any atom is 0.0864 e. The van der Waals surface area contributed by atoms with Gasteiger partial charge < -0.3 is 15.2 Å². The van der Waals surface area contributed by atoms with E-state index in [-0.39, 0.29) is 0 Å². The lowest BCUT2D eigenvalue weighted by Gasteiger charge is -2.31. The lowest BCUT2D eigenvalue weighted by molar-refractivity contribution is 0.238. The Morgan fingerprint density at radius 3 is 3.11 bits per heavy atom. The predicted octanol–water partition coefficient (Wildman–Crippen LogP) is 3.03. The van der Waals surface area contributed by atoms with Gasteiger partial charge in [0.2, 0.25) is 0 Å². The molecule has 3 nitrogen and oxygen atoms in total.